The second-order valence-corrected chi connectivity index (χ2v) is 14.1. The van der Waals surface area contributed by atoms with Gasteiger partial charge in [-0.2, -0.15) is 0 Å². The number of allylic oxidation sites excluding steroid dienone is 2. The Balaban J connectivity index is 4.40. The molecule has 0 amide bonds. The zero-order valence-electron chi connectivity index (χ0n) is 29.8. The number of hydrogen-bond acceptors (Lipinski definition) is 9. The summed E-state index contributed by atoms with van der Waals surface area (Å²) in [5.41, 5.74) is 0. The van der Waals surface area contributed by atoms with E-state index in [4.69, 9.17) is 19.1 Å². The Bertz CT molecular complexity index is 807. The lowest BCUT2D eigenvalue weighted by atomic mass is 10.1. The maximum Gasteiger partial charge on any atom is 0.472 e. The molecule has 3 N–H and O–H groups in total. The molecule has 0 saturated carbocycles. The van der Waals surface area contributed by atoms with Crippen molar-refractivity contribution in [2.45, 2.75) is 180 Å². The second-order valence-electron chi connectivity index (χ2n) is 12.6. The first kappa shape index (κ1) is 45.7. The van der Waals surface area contributed by atoms with E-state index in [1.54, 1.807) is 0 Å². The first-order valence-electron chi connectivity index (χ1n) is 18.6. The van der Waals surface area contributed by atoms with E-state index in [9.17, 15) is 24.2 Å². The first-order chi connectivity index (χ1) is 22.7. The van der Waals surface area contributed by atoms with E-state index in [0.717, 1.165) is 32.1 Å². The molecule has 0 aliphatic heterocycles. The summed E-state index contributed by atoms with van der Waals surface area (Å²) in [5.74, 6) is -0.980. The van der Waals surface area contributed by atoms with Crippen molar-refractivity contribution >= 4 is 19.8 Å². The molecule has 0 aromatic carbocycles. The Kier molecular flexibility index (Phi) is 32.3. The van der Waals surface area contributed by atoms with E-state index in [2.05, 4.69) is 24.4 Å². The monoisotopic (exact) mass is 692 g/mol. The van der Waals surface area contributed by atoms with Gasteiger partial charge in [-0.3, -0.25) is 18.6 Å². The van der Waals surface area contributed by atoms with Crippen LogP contribution in [0.4, 0.5) is 0 Å². The number of unbranched alkanes of at least 4 members (excludes halogenated alkanes) is 19. The van der Waals surface area contributed by atoms with E-state index >= 15 is 0 Å². The van der Waals surface area contributed by atoms with Crippen LogP contribution in [0.1, 0.15) is 168 Å². The zero-order chi connectivity index (χ0) is 34.9. The van der Waals surface area contributed by atoms with Gasteiger partial charge in [0.25, 0.3) is 0 Å². The fraction of sp³-hybridized carbons (Fsp3) is 0.889. The van der Waals surface area contributed by atoms with Crippen molar-refractivity contribution < 1.29 is 47.8 Å². The summed E-state index contributed by atoms with van der Waals surface area (Å²) in [6, 6.07) is 0. The molecular weight excluding hydrogens is 623 g/mol. The van der Waals surface area contributed by atoms with Crippen LogP contribution in [0.25, 0.3) is 0 Å². The third kappa shape index (κ3) is 33.0. The standard InChI is InChI=1S/C36H69O10P/c1-3-5-7-9-11-13-14-15-16-17-18-20-22-24-26-28-36(40)46-34(32-45-47(41,42)44-30-33(38)29-37)31-43-35(39)27-25-23-21-19-12-10-8-6-4-2/h22,24,33-34,37-38H,3-21,23,25-32H2,1-2H3,(H,41,42)/b24-22+/t33-,34+/m0/s1. The first-order valence-corrected chi connectivity index (χ1v) is 20.1. The summed E-state index contributed by atoms with van der Waals surface area (Å²) in [4.78, 5) is 34.7. The van der Waals surface area contributed by atoms with Gasteiger partial charge >= 0.3 is 19.8 Å². The lowest BCUT2D eigenvalue weighted by molar-refractivity contribution is -0.161. The number of phosphoric acid groups is 1. The number of phosphoric ester groups is 1. The summed E-state index contributed by atoms with van der Waals surface area (Å²) in [7, 11) is -4.61. The number of aliphatic hydroxyl groups excluding tert-OH is 2. The van der Waals surface area contributed by atoms with Crippen LogP contribution >= 0.6 is 7.82 Å². The molecule has 1 unspecified atom stereocenters. The molecule has 0 heterocycles. The molecule has 3 atom stereocenters. The maximum atomic E-state index is 12.5. The minimum Gasteiger partial charge on any atom is -0.462 e. The molecule has 47 heavy (non-hydrogen) atoms. The topological polar surface area (TPSA) is 149 Å². The maximum absolute atomic E-state index is 12.5. The Morgan fingerprint density at radius 3 is 1.62 bits per heavy atom. The molecule has 0 radical (unpaired) electrons. The van der Waals surface area contributed by atoms with Crippen LogP contribution < -0.4 is 0 Å². The summed E-state index contributed by atoms with van der Waals surface area (Å²) in [6.45, 7) is 2.31. The van der Waals surface area contributed by atoms with Crippen LogP contribution in [-0.2, 0) is 32.7 Å². The van der Waals surface area contributed by atoms with Gasteiger partial charge in [0.05, 0.1) is 19.8 Å². The molecule has 0 aliphatic carbocycles. The number of ether oxygens (including phenoxy) is 2. The summed E-state index contributed by atoms with van der Waals surface area (Å²) in [5, 5.41) is 18.2. The third-order valence-electron chi connectivity index (χ3n) is 7.93. The van der Waals surface area contributed by atoms with Crippen LogP contribution in [0.15, 0.2) is 12.2 Å². The smallest absolute Gasteiger partial charge is 0.462 e. The third-order valence-corrected chi connectivity index (χ3v) is 8.88. The van der Waals surface area contributed by atoms with Crippen molar-refractivity contribution in [3.05, 3.63) is 12.2 Å². The highest BCUT2D eigenvalue weighted by Gasteiger charge is 2.27. The average Bonchev–Trinajstić information content (AvgIpc) is 3.05. The highest BCUT2D eigenvalue weighted by molar-refractivity contribution is 7.47. The SMILES string of the molecule is CCCCCCCCCCCCC/C=C/CCC(=O)O[C@H](COC(=O)CCCCCCCCCCC)COP(=O)(O)OC[C@@H](O)CO. The number of esters is 2. The average molecular weight is 693 g/mol. The molecule has 0 bridgehead atoms. The number of hydrogen-bond donors (Lipinski definition) is 3. The summed E-state index contributed by atoms with van der Waals surface area (Å²) in [6.07, 6.45) is 27.8. The zero-order valence-corrected chi connectivity index (χ0v) is 30.6. The van der Waals surface area contributed by atoms with Gasteiger partial charge in [0.1, 0.15) is 12.7 Å². The molecule has 0 fully saturated rings. The van der Waals surface area contributed by atoms with Crippen molar-refractivity contribution in [3.8, 4) is 0 Å². The van der Waals surface area contributed by atoms with E-state index in [-0.39, 0.29) is 19.4 Å². The molecule has 0 aromatic heterocycles. The molecule has 0 spiro atoms. The fourth-order valence-electron chi connectivity index (χ4n) is 5.01. The molecule has 0 aliphatic rings. The van der Waals surface area contributed by atoms with Gasteiger partial charge in [0.15, 0.2) is 6.10 Å². The van der Waals surface area contributed by atoms with Crippen molar-refractivity contribution in [2.75, 3.05) is 26.4 Å². The van der Waals surface area contributed by atoms with Gasteiger partial charge in [0.2, 0.25) is 0 Å². The Labute approximate surface area is 286 Å². The van der Waals surface area contributed by atoms with Gasteiger partial charge in [-0.25, -0.2) is 4.57 Å². The van der Waals surface area contributed by atoms with Gasteiger partial charge in [-0.15, -0.1) is 0 Å². The van der Waals surface area contributed by atoms with E-state index in [1.165, 1.54) is 96.3 Å². The van der Waals surface area contributed by atoms with Crippen LogP contribution in [-0.4, -0.2) is 65.7 Å². The molecular formula is C36H69O10P. The van der Waals surface area contributed by atoms with Crippen molar-refractivity contribution in [1.29, 1.82) is 0 Å². The minimum atomic E-state index is -4.61. The highest BCUT2D eigenvalue weighted by Crippen LogP contribution is 2.43. The van der Waals surface area contributed by atoms with Crippen molar-refractivity contribution in [2.24, 2.45) is 0 Å². The molecule has 0 aromatic rings. The fourth-order valence-corrected chi connectivity index (χ4v) is 5.80. The lowest BCUT2D eigenvalue weighted by Gasteiger charge is -2.20. The predicted octanol–water partition coefficient (Wildman–Crippen LogP) is 8.89. The second kappa shape index (κ2) is 33.2. The van der Waals surface area contributed by atoms with Crippen molar-refractivity contribution in [1.82, 2.24) is 0 Å². The number of carbonyl (C=O) groups excluding carboxylic acids is 2. The Morgan fingerprint density at radius 1 is 0.617 bits per heavy atom. The highest BCUT2D eigenvalue weighted by atomic mass is 31.2. The normalized spacial score (nSPS) is 14.2. The van der Waals surface area contributed by atoms with Gasteiger partial charge < -0.3 is 24.6 Å². The van der Waals surface area contributed by atoms with E-state index < -0.39 is 51.8 Å². The minimum absolute atomic E-state index is 0.105. The van der Waals surface area contributed by atoms with E-state index in [0.29, 0.717) is 12.8 Å². The predicted molar refractivity (Wildman–Crippen MR) is 187 cm³/mol. The molecule has 278 valence electrons. The molecule has 11 heteroatoms. The largest absolute Gasteiger partial charge is 0.472 e. The van der Waals surface area contributed by atoms with Crippen LogP contribution in [0.5, 0.6) is 0 Å². The van der Waals surface area contributed by atoms with Gasteiger partial charge in [-0.05, 0) is 25.7 Å². The molecule has 0 rings (SSSR count). The number of aliphatic hydroxyl groups is 2. The Morgan fingerprint density at radius 2 is 1.09 bits per heavy atom. The lowest BCUT2D eigenvalue weighted by Crippen LogP contribution is -2.29. The Hall–Kier alpha value is -1.29. The van der Waals surface area contributed by atoms with Crippen LogP contribution in [0, 0.1) is 0 Å². The van der Waals surface area contributed by atoms with Gasteiger partial charge in [-0.1, -0.05) is 142 Å². The van der Waals surface area contributed by atoms with Gasteiger partial charge in [0, 0.05) is 12.8 Å². The number of carbonyl (C=O) groups is 2. The van der Waals surface area contributed by atoms with Crippen molar-refractivity contribution in [3.63, 3.8) is 0 Å². The quantitative estimate of drug-likeness (QED) is 0.0254. The van der Waals surface area contributed by atoms with E-state index in [1.807, 2.05) is 6.08 Å². The summed E-state index contributed by atoms with van der Waals surface area (Å²) >= 11 is 0. The van der Waals surface area contributed by atoms with Crippen LogP contribution in [0.2, 0.25) is 0 Å². The number of rotatable bonds is 35. The molecule has 10 nitrogen and oxygen atoms in total. The van der Waals surface area contributed by atoms with Crippen LogP contribution in [0.3, 0.4) is 0 Å². The summed E-state index contributed by atoms with van der Waals surface area (Å²) < 4.78 is 32.4. The molecule has 0 saturated heterocycles.